The number of benzene rings is 1. The zero-order valence-electron chi connectivity index (χ0n) is 15.2. The molecule has 0 atom stereocenters. The molecule has 0 saturated carbocycles. The van der Waals surface area contributed by atoms with Crippen molar-refractivity contribution in [2.75, 3.05) is 17.2 Å². The number of amides is 1. The van der Waals surface area contributed by atoms with Crippen LogP contribution >= 0.6 is 23.1 Å². The van der Waals surface area contributed by atoms with Gasteiger partial charge in [0.2, 0.25) is 5.91 Å². The topological polar surface area (TPSA) is 63.2 Å². The van der Waals surface area contributed by atoms with Gasteiger partial charge in [-0.1, -0.05) is 23.9 Å². The van der Waals surface area contributed by atoms with Gasteiger partial charge in [0.15, 0.2) is 5.78 Å². The Labute approximate surface area is 165 Å². The molecule has 1 saturated heterocycles. The van der Waals surface area contributed by atoms with Crippen LogP contribution in [0.5, 0.6) is 0 Å². The van der Waals surface area contributed by atoms with Crippen LogP contribution in [0.25, 0.3) is 10.2 Å². The van der Waals surface area contributed by atoms with Crippen molar-refractivity contribution in [3.05, 3.63) is 46.6 Å². The number of thiophene rings is 1. The molecule has 0 spiro atoms. The summed E-state index contributed by atoms with van der Waals surface area (Å²) in [5.74, 6) is 0.461. The minimum Gasteiger partial charge on any atom is -0.312 e. The van der Waals surface area contributed by atoms with Crippen molar-refractivity contribution < 1.29 is 9.59 Å². The van der Waals surface area contributed by atoms with E-state index < -0.39 is 0 Å². The number of rotatable bonds is 5. The normalized spacial score (nSPS) is 14.3. The number of anilines is 1. The Hall–Kier alpha value is -2.25. The van der Waals surface area contributed by atoms with Crippen LogP contribution in [0.2, 0.25) is 0 Å². The number of ketones is 1. The summed E-state index contributed by atoms with van der Waals surface area (Å²) in [5, 5.41) is 1.90. The summed E-state index contributed by atoms with van der Waals surface area (Å²) in [4.78, 5) is 37.4. The van der Waals surface area contributed by atoms with Crippen LogP contribution in [0.15, 0.2) is 35.6 Å². The standard InChI is InChI=1S/C20H19N3O2S2/c1-12-13(2)27-20-18(12)19(21-11-22-20)26-10-16(24)14-5-3-6-15(9-14)23-8-4-7-17(23)25/h3,5-6,9,11H,4,7-8,10H2,1-2H3. The SMILES string of the molecule is Cc1sc2ncnc(SCC(=O)c3cccc(N4CCCC4=O)c3)c2c1C. The smallest absolute Gasteiger partial charge is 0.227 e. The van der Waals surface area contributed by atoms with E-state index >= 15 is 0 Å². The molecular weight excluding hydrogens is 378 g/mol. The van der Waals surface area contributed by atoms with E-state index in [0.29, 0.717) is 17.7 Å². The minimum absolute atomic E-state index is 0.0323. The summed E-state index contributed by atoms with van der Waals surface area (Å²) in [6, 6.07) is 7.36. The second kappa shape index (κ2) is 7.40. The maximum absolute atomic E-state index is 12.7. The molecule has 0 unspecified atom stereocenters. The highest BCUT2D eigenvalue weighted by Gasteiger charge is 2.22. The number of fused-ring (bicyclic) bond motifs is 1. The van der Waals surface area contributed by atoms with Crippen LogP contribution in [0.1, 0.15) is 33.6 Å². The third kappa shape index (κ3) is 3.49. The van der Waals surface area contributed by atoms with Gasteiger partial charge < -0.3 is 4.90 Å². The number of hydrogen-bond acceptors (Lipinski definition) is 6. The molecule has 27 heavy (non-hydrogen) atoms. The van der Waals surface area contributed by atoms with Gasteiger partial charge in [0.05, 0.1) is 5.75 Å². The Morgan fingerprint density at radius 1 is 1.30 bits per heavy atom. The molecule has 1 fully saturated rings. The van der Waals surface area contributed by atoms with Crippen LogP contribution in [-0.2, 0) is 4.79 Å². The predicted molar refractivity (Wildman–Crippen MR) is 110 cm³/mol. The van der Waals surface area contributed by atoms with E-state index in [9.17, 15) is 9.59 Å². The van der Waals surface area contributed by atoms with Gasteiger partial charge in [-0.2, -0.15) is 0 Å². The lowest BCUT2D eigenvalue weighted by Gasteiger charge is -2.16. The molecule has 0 radical (unpaired) electrons. The summed E-state index contributed by atoms with van der Waals surface area (Å²) in [5.41, 5.74) is 2.62. The molecule has 0 bridgehead atoms. The molecule has 3 aromatic rings. The lowest BCUT2D eigenvalue weighted by Crippen LogP contribution is -2.23. The molecule has 7 heteroatoms. The van der Waals surface area contributed by atoms with Gasteiger partial charge >= 0.3 is 0 Å². The van der Waals surface area contributed by atoms with Gasteiger partial charge in [-0.25, -0.2) is 9.97 Å². The Kier molecular flexibility index (Phi) is 4.97. The highest BCUT2D eigenvalue weighted by atomic mass is 32.2. The second-order valence-corrected chi connectivity index (χ2v) is 8.72. The van der Waals surface area contributed by atoms with E-state index in [1.807, 2.05) is 24.3 Å². The van der Waals surface area contributed by atoms with E-state index in [0.717, 1.165) is 33.9 Å². The Balaban J connectivity index is 1.53. The van der Waals surface area contributed by atoms with E-state index in [1.54, 1.807) is 22.6 Å². The van der Waals surface area contributed by atoms with Crippen LogP contribution in [0.4, 0.5) is 5.69 Å². The highest BCUT2D eigenvalue weighted by Crippen LogP contribution is 2.34. The van der Waals surface area contributed by atoms with Crippen LogP contribution in [0.3, 0.4) is 0 Å². The van der Waals surface area contributed by atoms with Crippen molar-refractivity contribution in [2.45, 2.75) is 31.7 Å². The first-order valence-corrected chi connectivity index (χ1v) is 10.6. The summed E-state index contributed by atoms with van der Waals surface area (Å²) < 4.78 is 0. The molecule has 1 amide bonds. The van der Waals surface area contributed by atoms with Crippen molar-refractivity contribution in [1.82, 2.24) is 9.97 Å². The van der Waals surface area contributed by atoms with Crippen molar-refractivity contribution in [2.24, 2.45) is 0 Å². The van der Waals surface area contributed by atoms with Crippen LogP contribution in [0, 0.1) is 13.8 Å². The average Bonchev–Trinajstić information content (AvgIpc) is 3.23. The molecule has 1 aliphatic rings. The Bertz CT molecular complexity index is 1040. The first kappa shape index (κ1) is 18.1. The molecule has 0 N–H and O–H groups in total. The van der Waals surface area contributed by atoms with Gasteiger partial charge in [-0.05, 0) is 38.0 Å². The number of aryl methyl sites for hydroxylation is 2. The van der Waals surface area contributed by atoms with Gasteiger partial charge in [0.1, 0.15) is 16.2 Å². The molecule has 5 nitrogen and oxygen atoms in total. The van der Waals surface area contributed by atoms with Gasteiger partial charge in [0, 0.05) is 34.5 Å². The second-order valence-electron chi connectivity index (χ2n) is 6.55. The number of hydrogen-bond donors (Lipinski definition) is 0. The zero-order valence-corrected chi connectivity index (χ0v) is 16.8. The van der Waals surface area contributed by atoms with Crippen LogP contribution < -0.4 is 4.90 Å². The number of nitrogens with zero attached hydrogens (tertiary/aromatic N) is 3. The molecule has 1 aromatic carbocycles. The van der Waals surface area contributed by atoms with E-state index in [4.69, 9.17) is 0 Å². The first-order chi connectivity index (χ1) is 13.0. The van der Waals surface area contributed by atoms with Crippen molar-refractivity contribution >= 4 is 50.7 Å². The molecule has 3 heterocycles. The fraction of sp³-hybridized carbons (Fsp3) is 0.300. The maximum atomic E-state index is 12.7. The summed E-state index contributed by atoms with van der Waals surface area (Å²) >= 11 is 3.10. The lowest BCUT2D eigenvalue weighted by molar-refractivity contribution is -0.117. The predicted octanol–water partition coefficient (Wildman–Crippen LogP) is 4.41. The highest BCUT2D eigenvalue weighted by molar-refractivity contribution is 8.00. The molecule has 4 rings (SSSR count). The van der Waals surface area contributed by atoms with E-state index in [2.05, 4.69) is 23.8 Å². The average molecular weight is 398 g/mol. The number of Topliss-reactive ketones (excluding diaryl/α,β-unsaturated/α-hetero) is 1. The number of aromatic nitrogens is 2. The summed E-state index contributed by atoms with van der Waals surface area (Å²) in [6.07, 6.45) is 3.01. The van der Waals surface area contributed by atoms with E-state index in [-0.39, 0.29) is 11.7 Å². The number of carbonyl (C=O) groups excluding carboxylic acids is 2. The molecule has 1 aliphatic heterocycles. The Morgan fingerprint density at radius 2 is 2.15 bits per heavy atom. The van der Waals surface area contributed by atoms with Crippen LogP contribution in [-0.4, -0.2) is 34.0 Å². The quantitative estimate of drug-likeness (QED) is 0.362. The molecular formula is C20H19N3O2S2. The maximum Gasteiger partial charge on any atom is 0.227 e. The monoisotopic (exact) mass is 397 g/mol. The van der Waals surface area contributed by atoms with Gasteiger partial charge in [-0.15, -0.1) is 11.3 Å². The van der Waals surface area contributed by atoms with Crippen molar-refractivity contribution in [1.29, 1.82) is 0 Å². The lowest BCUT2D eigenvalue weighted by atomic mass is 10.1. The van der Waals surface area contributed by atoms with Crippen molar-refractivity contribution in [3.63, 3.8) is 0 Å². The fourth-order valence-corrected chi connectivity index (χ4v) is 5.26. The first-order valence-electron chi connectivity index (χ1n) is 8.81. The van der Waals surface area contributed by atoms with E-state index in [1.165, 1.54) is 22.2 Å². The molecule has 2 aromatic heterocycles. The molecule has 0 aliphatic carbocycles. The summed E-state index contributed by atoms with van der Waals surface area (Å²) in [7, 11) is 0. The largest absolute Gasteiger partial charge is 0.312 e. The fourth-order valence-electron chi connectivity index (χ4n) is 3.25. The third-order valence-corrected chi connectivity index (χ3v) is 6.93. The van der Waals surface area contributed by atoms with Gasteiger partial charge in [0.25, 0.3) is 0 Å². The third-order valence-electron chi connectivity index (χ3n) is 4.82. The number of thioether (sulfide) groups is 1. The van der Waals surface area contributed by atoms with Gasteiger partial charge in [-0.3, -0.25) is 9.59 Å². The zero-order chi connectivity index (χ0) is 19.0. The molecule has 138 valence electrons. The Morgan fingerprint density at radius 3 is 2.93 bits per heavy atom. The number of carbonyl (C=O) groups is 2. The van der Waals surface area contributed by atoms with Crippen molar-refractivity contribution in [3.8, 4) is 0 Å². The minimum atomic E-state index is 0.0323. The summed E-state index contributed by atoms with van der Waals surface area (Å²) in [6.45, 7) is 4.87.